The van der Waals surface area contributed by atoms with E-state index in [4.69, 9.17) is 4.52 Å². The Kier molecular flexibility index (Phi) is 4.31. The first kappa shape index (κ1) is 17.3. The van der Waals surface area contributed by atoms with Gasteiger partial charge in [-0.3, -0.25) is 9.36 Å². The standard InChI is InChI=1S/C21H20N4O2S/c1-13-7-8-15-16(9-13)28-20-19(15)21(26)25(12-22-20)11-17-23-18(27-24-17)10-14-5-3-2-4-6-14/h2-6,12-13H,7-11H2,1H3/t13-/m0/s1. The SMILES string of the molecule is C[C@H]1CCc2c(sc3ncn(Cc4noc(Cc5ccccc5)n4)c(=O)c23)C1. The number of aromatic nitrogens is 4. The lowest BCUT2D eigenvalue weighted by atomic mass is 9.89. The molecule has 0 N–H and O–H groups in total. The van der Waals surface area contributed by atoms with Gasteiger partial charge in [0, 0.05) is 4.88 Å². The summed E-state index contributed by atoms with van der Waals surface area (Å²) < 4.78 is 6.95. The third kappa shape index (κ3) is 3.16. The number of benzene rings is 1. The summed E-state index contributed by atoms with van der Waals surface area (Å²) in [6.07, 6.45) is 5.31. The number of thiophene rings is 1. The summed E-state index contributed by atoms with van der Waals surface area (Å²) in [6.45, 7) is 2.53. The van der Waals surface area contributed by atoms with Crippen molar-refractivity contribution in [2.45, 2.75) is 39.2 Å². The van der Waals surface area contributed by atoms with Gasteiger partial charge < -0.3 is 4.52 Å². The van der Waals surface area contributed by atoms with Crippen LogP contribution >= 0.6 is 11.3 Å². The van der Waals surface area contributed by atoms with E-state index in [1.165, 1.54) is 10.4 Å². The van der Waals surface area contributed by atoms with E-state index < -0.39 is 0 Å². The Morgan fingerprint density at radius 2 is 2.14 bits per heavy atom. The molecule has 1 aliphatic carbocycles. The van der Waals surface area contributed by atoms with Crippen LogP contribution in [0.15, 0.2) is 46.0 Å². The highest BCUT2D eigenvalue weighted by atomic mass is 32.1. The molecule has 0 fully saturated rings. The molecule has 1 aromatic carbocycles. The van der Waals surface area contributed by atoms with Gasteiger partial charge in [-0.1, -0.05) is 42.4 Å². The molecule has 0 saturated heterocycles. The van der Waals surface area contributed by atoms with Crippen LogP contribution in [-0.4, -0.2) is 19.7 Å². The predicted molar refractivity (Wildman–Crippen MR) is 108 cm³/mol. The lowest BCUT2D eigenvalue weighted by molar-refractivity contribution is 0.378. The zero-order valence-corrected chi connectivity index (χ0v) is 16.4. The first-order chi connectivity index (χ1) is 13.7. The molecule has 1 aliphatic rings. The van der Waals surface area contributed by atoms with Gasteiger partial charge in [-0.05, 0) is 36.3 Å². The zero-order valence-electron chi connectivity index (χ0n) is 15.6. The van der Waals surface area contributed by atoms with Crippen molar-refractivity contribution in [3.8, 4) is 0 Å². The first-order valence-electron chi connectivity index (χ1n) is 9.52. The fourth-order valence-electron chi connectivity index (χ4n) is 3.83. The minimum absolute atomic E-state index is 0.00791. The molecular formula is C21H20N4O2S. The molecule has 4 aromatic rings. The monoisotopic (exact) mass is 392 g/mol. The van der Waals surface area contributed by atoms with Crippen LogP contribution in [0.25, 0.3) is 10.2 Å². The quantitative estimate of drug-likeness (QED) is 0.530. The van der Waals surface area contributed by atoms with Gasteiger partial charge in [-0.15, -0.1) is 11.3 Å². The Morgan fingerprint density at radius 1 is 1.29 bits per heavy atom. The van der Waals surface area contributed by atoms with E-state index in [1.54, 1.807) is 22.2 Å². The van der Waals surface area contributed by atoms with Gasteiger partial charge in [0.1, 0.15) is 4.83 Å². The molecule has 3 aromatic heterocycles. The van der Waals surface area contributed by atoms with E-state index in [0.29, 0.717) is 24.1 Å². The molecule has 28 heavy (non-hydrogen) atoms. The molecule has 0 bridgehead atoms. The average molecular weight is 392 g/mol. The van der Waals surface area contributed by atoms with Crippen LogP contribution in [-0.2, 0) is 25.8 Å². The molecular weight excluding hydrogens is 372 g/mol. The summed E-state index contributed by atoms with van der Waals surface area (Å²) in [7, 11) is 0. The van der Waals surface area contributed by atoms with E-state index in [1.807, 2.05) is 30.3 Å². The highest BCUT2D eigenvalue weighted by molar-refractivity contribution is 7.18. The molecule has 0 radical (unpaired) electrons. The van der Waals surface area contributed by atoms with Crippen LogP contribution < -0.4 is 5.56 Å². The molecule has 3 heterocycles. The zero-order chi connectivity index (χ0) is 19.1. The van der Waals surface area contributed by atoms with Gasteiger partial charge in [-0.2, -0.15) is 4.98 Å². The van der Waals surface area contributed by atoms with Gasteiger partial charge in [0.25, 0.3) is 5.56 Å². The molecule has 0 saturated carbocycles. The Balaban J connectivity index is 1.43. The number of fused-ring (bicyclic) bond motifs is 3. The van der Waals surface area contributed by atoms with Crippen LogP contribution in [0, 0.1) is 5.92 Å². The summed E-state index contributed by atoms with van der Waals surface area (Å²) >= 11 is 1.66. The molecule has 142 valence electrons. The Morgan fingerprint density at radius 3 is 3.00 bits per heavy atom. The summed E-state index contributed by atoms with van der Waals surface area (Å²) in [5, 5.41) is 4.82. The highest BCUT2D eigenvalue weighted by Gasteiger charge is 2.23. The van der Waals surface area contributed by atoms with Crippen LogP contribution in [0.5, 0.6) is 0 Å². The summed E-state index contributed by atoms with van der Waals surface area (Å²) in [6, 6.07) is 9.98. The highest BCUT2D eigenvalue weighted by Crippen LogP contribution is 2.35. The van der Waals surface area contributed by atoms with E-state index in [-0.39, 0.29) is 12.1 Å². The number of hydrogen-bond donors (Lipinski definition) is 0. The van der Waals surface area contributed by atoms with Crippen LogP contribution in [0.4, 0.5) is 0 Å². The lowest BCUT2D eigenvalue weighted by Gasteiger charge is -2.17. The fraction of sp³-hybridized carbons (Fsp3) is 0.333. The predicted octanol–water partition coefficient (Wildman–Crippen LogP) is 3.60. The molecule has 1 atom stereocenters. The van der Waals surface area contributed by atoms with Crippen molar-refractivity contribution in [1.82, 2.24) is 19.7 Å². The van der Waals surface area contributed by atoms with Gasteiger partial charge >= 0.3 is 0 Å². The smallest absolute Gasteiger partial charge is 0.262 e. The average Bonchev–Trinajstić information content (AvgIpc) is 3.28. The van der Waals surface area contributed by atoms with Gasteiger partial charge in [0.15, 0.2) is 5.82 Å². The second-order valence-corrected chi connectivity index (χ2v) is 8.56. The van der Waals surface area contributed by atoms with Crippen molar-refractivity contribution in [3.05, 3.63) is 74.7 Å². The Hall–Kier alpha value is -2.80. The largest absolute Gasteiger partial charge is 0.339 e. The van der Waals surface area contributed by atoms with Gasteiger partial charge in [0.05, 0.1) is 24.7 Å². The van der Waals surface area contributed by atoms with Gasteiger partial charge in [0.2, 0.25) is 5.89 Å². The maximum atomic E-state index is 13.1. The third-order valence-corrected chi connectivity index (χ3v) is 6.46. The normalized spacial score (nSPS) is 16.4. The van der Waals surface area contributed by atoms with Crippen molar-refractivity contribution in [1.29, 1.82) is 0 Å². The van der Waals surface area contributed by atoms with E-state index in [2.05, 4.69) is 22.0 Å². The second-order valence-electron chi connectivity index (χ2n) is 7.48. The van der Waals surface area contributed by atoms with Crippen molar-refractivity contribution in [2.24, 2.45) is 5.92 Å². The maximum Gasteiger partial charge on any atom is 0.262 e. The molecule has 0 unspecified atom stereocenters. The van der Waals surface area contributed by atoms with Crippen molar-refractivity contribution in [2.75, 3.05) is 0 Å². The van der Waals surface area contributed by atoms with E-state index in [9.17, 15) is 4.79 Å². The minimum atomic E-state index is -0.00791. The molecule has 6 nitrogen and oxygen atoms in total. The van der Waals surface area contributed by atoms with Crippen molar-refractivity contribution < 1.29 is 4.52 Å². The molecule has 0 amide bonds. The van der Waals surface area contributed by atoms with Gasteiger partial charge in [-0.25, -0.2) is 4.98 Å². The van der Waals surface area contributed by atoms with Crippen molar-refractivity contribution in [3.63, 3.8) is 0 Å². The number of nitrogens with zero attached hydrogens (tertiary/aromatic N) is 4. The topological polar surface area (TPSA) is 73.8 Å². The minimum Gasteiger partial charge on any atom is -0.339 e. The summed E-state index contributed by atoms with van der Waals surface area (Å²) in [5.74, 6) is 1.71. The number of aryl methyl sites for hydroxylation is 1. The fourth-order valence-corrected chi connectivity index (χ4v) is 5.17. The van der Waals surface area contributed by atoms with Crippen LogP contribution in [0.2, 0.25) is 0 Å². The lowest BCUT2D eigenvalue weighted by Crippen LogP contribution is -2.22. The number of rotatable bonds is 4. The summed E-state index contributed by atoms with van der Waals surface area (Å²) in [5.41, 5.74) is 2.30. The van der Waals surface area contributed by atoms with Crippen LogP contribution in [0.1, 0.15) is 41.1 Å². The van der Waals surface area contributed by atoms with E-state index in [0.717, 1.165) is 35.0 Å². The molecule has 7 heteroatoms. The molecule has 0 spiro atoms. The summed E-state index contributed by atoms with van der Waals surface area (Å²) in [4.78, 5) is 24.2. The Labute approximate surface area is 165 Å². The molecule has 0 aliphatic heterocycles. The Bertz CT molecular complexity index is 1190. The maximum absolute atomic E-state index is 13.1. The molecule has 5 rings (SSSR count). The second kappa shape index (κ2) is 6.98. The van der Waals surface area contributed by atoms with E-state index >= 15 is 0 Å². The van der Waals surface area contributed by atoms with Crippen molar-refractivity contribution >= 4 is 21.6 Å². The number of hydrogen-bond acceptors (Lipinski definition) is 6. The third-order valence-electron chi connectivity index (χ3n) is 5.30. The van der Waals surface area contributed by atoms with Crippen LogP contribution in [0.3, 0.4) is 0 Å². The first-order valence-corrected chi connectivity index (χ1v) is 10.3.